The number of hydrogen-bond donors (Lipinski definition) is 0. The van der Waals surface area contributed by atoms with Crippen LogP contribution in [0.3, 0.4) is 0 Å². The maximum Gasteiger partial charge on any atom is 0.307 e. The van der Waals surface area contributed by atoms with Crippen molar-refractivity contribution in [2.45, 2.75) is 13.3 Å². The van der Waals surface area contributed by atoms with Crippen LogP contribution in [0.1, 0.15) is 24.5 Å². The Labute approximate surface area is 216 Å². The average Bonchev–Trinajstić information content (AvgIpc) is 2.88. The minimum absolute atomic E-state index is 0.163. The first-order valence-corrected chi connectivity index (χ1v) is 12.4. The Morgan fingerprint density at radius 1 is 0.889 bits per heavy atom. The zero-order chi connectivity index (χ0) is 26.1. The van der Waals surface area contributed by atoms with Crippen LogP contribution in [0.15, 0.2) is 84.5 Å². The number of allylic oxidation sites excluding steroid dienone is 7. The molecule has 0 spiro atoms. The molecule has 3 rings (SSSR count). The lowest BCUT2D eigenvalue weighted by Crippen LogP contribution is -2.21. The highest BCUT2D eigenvalue weighted by atomic mass is 16.5. The van der Waals surface area contributed by atoms with E-state index in [2.05, 4.69) is 128 Å². The molecule has 2 aromatic carbocycles. The average molecular weight is 485 g/mol. The molecule has 0 saturated carbocycles. The third-order valence-corrected chi connectivity index (χ3v) is 6.12. The summed E-state index contributed by atoms with van der Waals surface area (Å²) < 4.78 is 7.14. The highest BCUT2D eigenvalue weighted by Gasteiger charge is 2.10. The van der Waals surface area contributed by atoms with Crippen molar-refractivity contribution in [1.29, 1.82) is 0 Å². The van der Waals surface area contributed by atoms with Gasteiger partial charge in [0.2, 0.25) is 0 Å². The van der Waals surface area contributed by atoms with Crippen LogP contribution >= 0.6 is 0 Å². The summed E-state index contributed by atoms with van der Waals surface area (Å²) in [7, 11) is 10.2. The molecule has 2 aromatic rings. The van der Waals surface area contributed by atoms with Gasteiger partial charge in [0.25, 0.3) is 0 Å². The monoisotopic (exact) mass is 484 g/mol. The van der Waals surface area contributed by atoms with Gasteiger partial charge in [-0.25, -0.2) is 4.58 Å². The van der Waals surface area contributed by atoms with Crippen molar-refractivity contribution in [1.82, 2.24) is 0 Å². The minimum atomic E-state index is -0.163. The summed E-state index contributed by atoms with van der Waals surface area (Å²) in [5.74, 6) is -0.163. The van der Waals surface area contributed by atoms with Gasteiger partial charge in [-0.3, -0.25) is 4.79 Å². The van der Waals surface area contributed by atoms with Gasteiger partial charge in [0.1, 0.15) is 14.1 Å². The molecule has 0 bridgehead atoms. The van der Waals surface area contributed by atoms with Crippen LogP contribution in [0.5, 0.6) is 0 Å². The summed E-state index contributed by atoms with van der Waals surface area (Å²) in [6.07, 6.45) is 13.4. The quantitative estimate of drug-likeness (QED) is 0.350. The number of benzene rings is 2. The highest BCUT2D eigenvalue weighted by Crippen LogP contribution is 2.27. The maximum atomic E-state index is 11.7. The summed E-state index contributed by atoms with van der Waals surface area (Å²) in [6, 6.07) is 17.0. The molecule has 36 heavy (non-hydrogen) atoms. The second-order valence-corrected chi connectivity index (χ2v) is 9.20. The van der Waals surface area contributed by atoms with Gasteiger partial charge >= 0.3 is 5.97 Å². The fourth-order valence-corrected chi connectivity index (χ4v) is 3.88. The van der Waals surface area contributed by atoms with E-state index in [1.165, 1.54) is 28.1 Å². The lowest BCUT2D eigenvalue weighted by atomic mass is 9.95. The first-order valence-electron chi connectivity index (χ1n) is 12.4. The normalized spacial score (nSPS) is 12.7. The fourth-order valence-electron chi connectivity index (χ4n) is 3.88. The molecule has 0 heterocycles. The molecule has 1 aliphatic carbocycles. The molecule has 5 nitrogen and oxygen atoms in total. The smallest absolute Gasteiger partial charge is 0.307 e. The number of esters is 1. The van der Waals surface area contributed by atoms with Gasteiger partial charge in [-0.1, -0.05) is 36.4 Å². The molecule has 5 heteroatoms. The Bertz CT molecular complexity index is 1180. The third kappa shape index (κ3) is 7.32. The molecule has 0 aromatic heterocycles. The molecule has 0 radical (unpaired) electrons. The second kappa shape index (κ2) is 12.7. The molecule has 0 N–H and O–H groups in total. The number of nitrogens with zero attached hydrogens (tertiary/aromatic N) is 3. The van der Waals surface area contributed by atoms with Gasteiger partial charge in [0, 0.05) is 51.2 Å². The van der Waals surface area contributed by atoms with E-state index in [0.29, 0.717) is 19.6 Å². The van der Waals surface area contributed by atoms with E-state index < -0.39 is 0 Å². The van der Waals surface area contributed by atoms with Crippen molar-refractivity contribution in [3.05, 3.63) is 95.6 Å². The molecule has 0 unspecified atom stereocenters. The Morgan fingerprint density at radius 3 is 2.06 bits per heavy atom. The van der Waals surface area contributed by atoms with E-state index in [0.717, 1.165) is 11.3 Å². The molecule has 0 saturated heterocycles. The van der Waals surface area contributed by atoms with Gasteiger partial charge in [0.15, 0.2) is 5.71 Å². The van der Waals surface area contributed by atoms with E-state index in [1.807, 2.05) is 14.0 Å². The van der Waals surface area contributed by atoms with E-state index in [1.54, 1.807) is 0 Å². The van der Waals surface area contributed by atoms with Crippen LogP contribution in [-0.2, 0) is 9.53 Å². The molecule has 1 aliphatic rings. The van der Waals surface area contributed by atoms with Crippen molar-refractivity contribution in [3.8, 4) is 0 Å². The Hall–Kier alpha value is -3.86. The topological polar surface area (TPSA) is 35.8 Å². The summed E-state index contributed by atoms with van der Waals surface area (Å²) in [5, 5.41) is 0. The molecule has 0 aliphatic heterocycles. The predicted molar refractivity (Wildman–Crippen MR) is 153 cm³/mol. The third-order valence-electron chi connectivity index (χ3n) is 6.12. The van der Waals surface area contributed by atoms with Gasteiger partial charge in [-0.2, -0.15) is 0 Å². The van der Waals surface area contributed by atoms with Crippen molar-refractivity contribution in [3.63, 3.8) is 0 Å². The van der Waals surface area contributed by atoms with Crippen LogP contribution < -0.4 is 9.80 Å². The highest BCUT2D eigenvalue weighted by molar-refractivity contribution is 6.03. The van der Waals surface area contributed by atoms with Crippen molar-refractivity contribution < 1.29 is 14.1 Å². The van der Waals surface area contributed by atoms with E-state index in [9.17, 15) is 4.79 Å². The molecular formula is C31H38N3O2+. The number of anilines is 2. The number of carbonyl (C=O) groups is 1. The second-order valence-electron chi connectivity index (χ2n) is 9.20. The number of rotatable bonds is 9. The number of hydrogen-bond acceptors (Lipinski definition) is 4. The number of ether oxygens (including phenoxy) is 1. The summed E-state index contributed by atoms with van der Waals surface area (Å²) in [6.45, 7) is 2.87. The summed E-state index contributed by atoms with van der Waals surface area (Å²) in [4.78, 5) is 15.8. The largest absolute Gasteiger partial charge is 0.466 e. The lowest BCUT2D eigenvalue weighted by molar-refractivity contribution is -0.462. The van der Waals surface area contributed by atoms with Crippen molar-refractivity contribution in [2.24, 2.45) is 0 Å². The van der Waals surface area contributed by atoms with Crippen LogP contribution in [-0.4, -0.2) is 64.6 Å². The van der Waals surface area contributed by atoms with Crippen LogP contribution in [0, 0.1) is 0 Å². The zero-order valence-corrected chi connectivity index (χ0v) is 22.4. The molecule has 0 fully saturated rings. The van der Waals surface area contributed by atoms with E-state index in [4.69, 9.17) is 4.74 Å². The fraction of sp³-hybridized carbons (Fsp3) is 0.290. The van der Waals surface area contributed by atoms with Gasteiger partial charge in [0.05, 0.1) is 13.0 Å². The van der Waals surface area contributed by atoms with Crippen LogP contribution in [0.25, 0.3) is 11.6 Å². The first kappa shape index (κ1) is 26.7. The van der Waals surface area contributed by atoms with Gasteiger partial charge in [-0.15, -0.1) is 0 Å². The van der Waals surface area contributed by atoms with Crippen molar-refractivity contribution >= 4 is 34.7 Å². The van der Waals surface area contributed by atoms with Crippen LogP contribution in [0.4, 0.5) is 11.4 Å². The summed E-state index contributed by atoms with van der Waals surface area (Å²) in [5.41, 5.74) is 8.04. The molecule has 188 valence electrons. The maximum absolute atomic E-state index is 11.7. The SMILES string of the molecule is CCOC(=O)CCN(C)c1ccc(/C=C/C(=C2C=CC(=[N+](C)C)C=C2)c2ccc(N(C)C)cc2)cc1. The molecule has 0 amide bonds. The van der Waals surface area contributed by atoms with E-state index in [-0.39, 0.29) is 5.97 Å². The first-order chi connectivity index (χ1) is 17.3. The number of carbonyl (C=O) groups excluding carboxylic acids is 1. The molecular weight excluding hydrogens is 446 g/mol. The minimum Gasteiger partial charge on any atom is -0.466 e. The Balaban J connectivity index is 1.83. The van der Waals surface area contributed by atoms with Gasteiger partial charge < -0.3 is 14.5 Å². The molecule has 0 atom stereocenters. The lowest BCUT2D eigenvalue weighted by Gasteiger charge is -2.18. The van der Waals surface area contributed by atoms with Gasteiger partial charge in [-0.05, 0) is 65.6 Å². The predicted octanol–water partition coefficient (Wildman–Crippen LogP) is 5.45. The zero-order valence-electron chi connectivity index (χ0n) is 22.4. The summed E-state index contributed by atoms with van der Waals surface area (Å²) >= 11 is 0. The van der Waals surface area contributed by atoms with E-state index >= 15 is 0 Å². The standard InChI is InChI=1S/C31H38N3O2/c1-7-36-31(35)22-23-34(6)29-15-8-24(9-16-29)10-21-30(25-11-17-27(18-12-25)32(2)3)26-13-19-28(20-14-26)33(4)5/h8-21H,7,22-23H2,1-6H3/q+1. The van der Waals surface area contributed by atoms with Crippen LogP contribution in [0.2, 0.25) is 0 Å². The Morgan fingerprint density at radius 2 is 1.50 bits per heavy atom. The van der Waals surface area contributed by atoms with Crippen molar-refractivity contribution in [2.75, 3.05) is 58.2 Å². The Kier molecular flexibility index (Phi) is 9.46.